The predicted octanol–water partition coefficient (Wildman–Crippen LogP) is 5.66. The number of carbonyl (C=O) groups excluding carboxylic acids is 2. The number of nitrogens with zero attached hydrogens (tertiary/aromatic N) is 2. The van der Waals surface area contributed by atoms with Gasteiger partial charge >= 0.3 is 0 Å². The molecule has 0 aromatic heterocycles. The van der Waals surface area contributed by atoms with Gasteiger partial charge in [-0.25, -0.2) is 8.42 Å². The number of hydrogen-bond acceptors (Lipinski definition) is 5. The normalized spacial score (nSPS) is 11.9. The quantitative estimate of drug-likeness (QED) is 0.228. The Hall–Kier alpha value is -3.56. The lowest BCUT2D eigenvalue weighted by Gasteiger charge is -2.33. The molecule has 3 aromatic rings. The van der Waals surface area contributed by atoms with Gasteiger partial charge in [0.1, 0.15) is 18.3 Å². The first-order valence-corrected chi connectivity index (χ1v) is 15.7. The van der Waals surface area contributed by atoms with E-state index >= 15 is 0 Å². The van der Waals surface area contributed by atoms with Crippen LogP contribution in [0.3, 0.4) is 0 Å². The van der Waals surface area contributed by atoms with E-state index in [0.29, 0.717) is 35.9 Å². The zero-order chi connectivity index (χ0) is 29.8. The van der Waals surface area contributed by atoms with E-state index in [-0.39, 0.29) is 23.0 Å². The fourth-order valence-corrected chi connectivity index (χ4v) is 6.05. The summed E-state index contributed by atoms with van der Waals surface area (Å²) in [6.45, 7) is 5.91. The molecule has 10 heteroatoms. The molecule has 0 saturated carbocycles. The van der Waals surface area contributed by atoms with E-state index in [2.05, 4.69) is 5.32 Å². The molecule has 0 aliphatic heterocycles. The van der Waals surface area contributed by atoms with Gasteiger partial charge in [0.05, 0.1) is 17.2 Å². The topological polar surface area (TPSA) is 96.0 Å². The molecule has 2 amide bonds. The lowest BCUT2D eigenvalue weighted by atomic mass is 10.1. The number of halogens is 1. The Balaban J connectivity index is 2.08. The molecule has 0 radical (unpaired) electrons. The fourth-order valence-electron chi connectivity index (χ4n) is 4.41. The van der Waals surface area contributed by atoms with Crippen molar-refractivity contribution in [1.82, 2.24) is 10.2 Å². The van der Waals surface area contributed by atoms with Crippen molar-refractivity contribution in [1.29, 1.82) is 0 Å². The highest BCUT2D eigenvalue weighted by molar-refractivity contribution is 7.92. The highest BCUT2D eigenvalue weighted by Gasteiger charge is 2.34. The van der Waals surface area contributed by atoms with Gasteiger partial charge < -0.3 is 15.0 Å². The number of amides is 2. The van der Waals surface area contributed by atoms with Crippen molar-refractivity contribution < 1.29 is 22.7 Å². The predicted molar refractivity (Wildman–Crippen MR) is 163 cm³/mol. The molecule has 41 heavy (non-hydrogen) atoms. The number of anilines is 1. The summed E-state index contributed by atoms with van der Waals surface area (Å²) in [6, 6.07) is 20.9. The molecule has 0 saturated heterocycles. The number of unbranched alkanes of at least 4 members (excludes halogenated alkanes) is 1. The van der Waals surface area contributed by atoms with E-state index in [1.807, 2.05) is 13.8 Å². The number of hydrogen-bond donors (Lipinski definition) is 1. The maximum absolute atomic E-state index is 14.2. The van der Waals surface area contributed by atoms with Gasteiger partial charge in [0.25, 0.3) is 10.0 Å². The summed E-state index contributed by atoms with van der Waals surface area (Å²) in [5.41, 5.74) is 0.874. The molecule has 3 rings (SSSR count). The summed E-state index contributed by atoms with van der Waals surface area (Å²) in [6.07, 6.45) is 2.04. The average molecular weight is 600 g/mol. The monoisotopic (exact) mass is 599 g/mol. The van der Waals surface area contributed by atoms with Crippen molar-refractivity contribution in [2.24, 2.45) is 0 Å². The first-order valence-electron chi connectivity index (χ1n) is 13.8. The molecule has 1 N–H and O–H groups in total. The lowest BCUT2D eigenvalue weighted by Crippen LogP contribution is -2.52. The molecular formula is C31H38ClN3O5S. The Morgan fingerprint density at radius 2 is 1.59 bits per heavy atom. The van der Waals surface area contributed by atoms with Crippen LogP contribution in [0.5, 0.6) is 5.75 Å². The van der Waals surface area contributed by atoms with Gasteiger partial charge in [0.15, 0.2) is 0 Å². The van der Waals surface area contributed by atoms with Crippen LogP contribution in [0.4, 0.5) is 5.69 Å². The second-order valence-electron chi connectivity index (χ2n) is 9.41. The SMILES string of the molecule is CCCCNC(=O)[C@H](CC)N(Cc1ccccc1Cl)C(=O)CN(c1ccccc1OCC)S(=O)(=O)c1ccccc1. The summed E-state index contributed by atoms with van der Waals surface area (Å²) < 4.78 is 34.8. The molecule has 3 aromatic carbocycles. The minimum absolute atomic E-state index is 0.0288. The van der Waals surface area contributed by atoms with E-state index in [4.69, 9.17) is 16.3 Å². The number of nitrogens with one attached hydrogen (secondary N) is 1. The van der Waals surface area contributed by atoms with Crippen LogP contribution >= 0.6 is 11.6 Å². The van der Waals surface area contributed by atoms with Gasteiger partial charge in [0.2, 0.25) is 11.8 Å². The third-order valence-corrected chi connectivity index (χ3v) is 8.70. The van der Waals surface area contributed by atoms with E-state index < -0.39 is 28.5 Å². The van der Waals surface area contributed by atoms with Crippen LogP contribution in [0.25, 0.3) is 0 Å². The van der Waals surface area contributed by atoms with Crippen molar-refractivity contribution in [2.45, 2.75) is 57.5 Å². The lowest BCUT2D eigenvalue weighted by molar-refractivity contribution is -0.140. The molecule has 0 spiro atoms. The Bertz CT molecular complexity index is 1400. The molecule has 220 valence electrons. The summed E-state index contributed by atoms with van der Waals surface area (Å²) in [7, 11) is -4.20. The zero-order valence-corrected chi connectivity index (χ0v) is 25.3. The van der Waals surface area contributed by atoms with E-state index in [1.54, 1.807) is 73.7 Å². The van der Waals surface area contributed by atoms with Crippen molar-refractivity contribution in [3.8, 4) is 5.75 Å². The number of carbonyl (C=O) groups is 2. The largest absolute Gasteiger partial charge is 0.492 e. The standard InChI is InChI=1S/C31H38ClN3O5S/c1-4-7-21-33-31(37)27(5-2)34(22-24-15-11-12-18-26(24)32)30(36)23-35(28-19-13-14-20-29(28)40-6-3)41(38,39)25-16-9-8-10-17-25/h8-20,27H,4-7,21-23H2,1-3H3,(H,33,37)/t27-/m0/s1. The molecule has 0 aliphatic rings. The molecule has 0 aliphatic carbocycles. The van der Waals surface area contributed by atoms with Crippen molar-refractivity contribution in [3.05, 3.63) is 89.4 Å². The van der Waals surface area contributed by atoms with Gasteiger partial charge in [-0.1, -0.05) is 80.4 Å². The molecule has 0 unspecified atom stereocenters. The Kier molecular flexibility index (Phi) is 12.0. The number of sulfonamides is 1. The second kappa shape index (κ2) is 15.4. The molecule has 1 atom stereocenters. The third kappa shape index (κ3) is 8.24. The molecule has 0 bridgehead atoms. The average Bonchev–Trinajstić information content (AvgIpc) is 2.97. The van der Waals surface area contributed by atoms with E-state index in [1.165, 1.54) is 17.0 Å². The van der Waals surface area contributed by atoms with Gasteiger partial charge in [-0.2, -0.15) is 0 Å². The first-order chi connectivity index (χ1) is 19.7. The Morgan fingerprint density at radius 3 is 2.24 bits per heavy atom. The Morgan fingerprint density at radius 1 is 0.927 bits per heavy atom. The van der Waals surface area contributed by atoms with Crippen LogP contribution in [0.1, 0.15) is 45.6 Å². The minimum atomic E-state index is -4.20. The maximum Gasteiger partial charge on any atom is 0.264 e. The van der Waals surface area contributed by atoms with Crippen LogP contribution in [-0.4, -0.2) is 50.9 Å². The zero-order valence-electron chi connectivity index (χ0n) is 23.8. The molecule has 0 fully saturated rings. The van der Waals surface area contributed by atoms with Crippen molar-refractivity contribution in [2.75, 3.05) is 24.0 Å². The molecule has 8 nitrogen and oxygen atoms in total. The van der Waals surface area contributed by atoms with Gasteiger partial charge in [0, 0.05) is 18.1 Å². The van der Waals surface area contributed by atoms with Crippen LogP contribution < -0.4 is 14.4 Å². The summed E-state index contributed by atoms with van der Waals surface area (Å²) in [5.74, 6) is -0.522. The Labute approximate surface area is 248 Å². The van der Waals surface area contributed by atoms with Crippen molar-refractivity contribution >= 4 is 39.1 Å². The van der Waals surface area contributed by atoms with Crippen LogP contribution in [0, 0.1) is 0 Å². The van der Waals surface area contributed by atoms with Gasteiger partial charge in [-0.3, -0.25) is 13.9 Å². The summed E-state index contributed by atoms with van der Waals surface area (Å²) in [4.78, 5) is 28.9. The van der Waals surface area contributed by atoms with Crippen LogP contribution in [-0.2, 0) is 26.2 Å². The maximum atomic E-state index is 14.2. The summed E-state index contributed by atoms with van der Waals surface area (Å²) >= 11 is 6.45. The number of para-hydroxylation sites is 2. The van der Waals surface area contributed by atoms with Crippen molar-refractivity contribution in [3.63, 3.8) is 0 Å². The molecular weight excluding hydrogens is 562 g/mol. The van der Waals surface area contributed by atoms with E-state index in [0.717, 1.165) is 17.1 Å². The smallest absolute Gasteiger partial charge is 0.264 e. The van der Waals surface area contributed by atoms with Gasteiger partial charge in [-0.15, -0.1) is 0 Å². The van der Waals surface area contributed by atoms with E-state index in [9.17, 15) is 18.0 Å². The second-order valence-corrected chi connectivity index (χ2v) is 11.7. The first kappa shape index (κ1) is 32.0. The molecule has 0 heterocycles. The highest BCUT2D eigenvalue weighted by Crippen LogP contribution is 2.33. The fraction of sp³-hybridized carbons (Fsp3) is 0.355. The highest BCUT2D eigenvalue weighted by atomic mass is 35.5. The number of ether oxygens (including phenoxy) is 1. The van der Waals surface area contributed by atoms with Crippen LogP contribution in [0.2, 0.25) is 5.02 Å². The van der Waals surface area contributed by atoms with Gasteiger partial charge in [-0.05, 0) is 55.7 Å². The summed E-state index contributed by atoms with van der Waals surface area (Å²) in [5, 5.41) is 3.37. The number of rotatable bonds is 15. The number of benzene rings is 3. The van der Waals surface area contributed by atoms with Crippen LogP contribution in [0.15, 0.2) is 83.8 Å². The minimum Gasteiger partial charge on any atom is -0.492 e. The third-order valence-electron chi connectivity index (χ3n) is 6.56.